The molecule has 106 valence electrons. The highest BCUT2D eigenvalue weighted by Crippen LogP contribution is 2.38. The molecule has 3 nitrogen and oxygen atoms in total. The third kappa shape index (κ3) is 3.34. The molecule has 0 unspecified atom stereocenters. The number of aromatic nitrogens is 2. The molecule has 0 aliphatic heterocycles. The maximum Gasteiger partial charge on any atom is 0.155 e. The normalized spacial score (nSPS) is 18.3. The molecule has 0 saturated heterocycles. The number of halogens is 1. The second-order valence-corrected chi connectivity index (χ2v) is 7.02. The fourth-order valence-electron chi connectivity index (χ4n) is 2.64. The van der Waals surface area contributed by atoms with Crippen LogP contribution in [0.15, 0.2) is 0 Å². The van der Waals surface area contributed by atoms with Crippen molar-refractivity contribution in [1.29, 1.82) is 0 Å². The molecule has 0 amide bonds. The Morgan fingerprint density at radius 2 is 1.84 bits per heavy atom. The molecule has 1 heterocycles. The Hall–Kier alpha value is -0.480. The predicted molar refractivity (Wildman–Crippen MR) is 84.3 cm³/mol. The van der Waals surface area contributed by atoms with E-state index < -0.39 is 0 Å². The lowest BCUT2D eigenvalue weighted by Crippen LogP contribution is -2.36. The molecule has 1 aliphatic carbocycles. The summed E-state index contributed by atoms with van der Waals surface area (Å²) in [5.74, 6) is 0.876. The minimum atomic E-state index is 0.361. The van der Waals surface area contributed by atoms with E-state index in [2.05, 4.69) is 21.8 Å². The molecule has 0 spiro atoms. The van der Waals surface area contributed by atoms with Crippen LogP contribution in [0.25, 0.3) is 0 Å². The van der Waals surface area contributed by atoms with E-state index in [9.17, 15) is 0 Å². The third-order valence-corrected chi connectivity index (χ3v) is 6.02. The Morgan fingerprint density at radius 3 is 2.47 bits per heavy atom. The summed E-state index contributed by atoms with van der Waals surface area (Å²) >= 11 is 7.97. The summed E-state index contributed by atoms with van der Waals surface area (Å²) in [6.45, 7) is 5.00. The van der Waals surface area contributed by atoms with Gasteiger partial charge in [0.15, 0.2) is 11.0 Å². The van der Waals surface area contributed by atoms with E-state index in [4.69, 9.17) is 11.6 Å². The van der Waals surface area contributed by atoms with Crippen molar-refractivity contribution in [2.75, 3.05) is 18.1 Å². The molecule has 1 fully saturated rings. The minimum Gasteiger partial charge on any atom is -0.367 e. The van der Waals surface area contributed by atoms with Gasteiger partial charge in [0.25, 0.3) is 0 Å². The van der Waals surface area contributed by atoms with E-state index in [1.54, 1.807) is 0 Å². The summed E-state index contributed by atoms with van der Waals surface area (Å²) in [7, 11) is 0. The van der Waals surface area contributed by atoms with Gasteiger partial charge >= 0.3 is 0 Å². The summed E-state index contributed by atoms with van der Waals surface area (Å²) in [4.78, 5) is 0. The van der Waals surface area contributed by atoms with Crippen molar-refractivity contribution in [3.63, 3.8) is 0 Å². The van der Waals surface area contributed by atoms with Gasteiger partial charge in [-0.15, -0.1) is 10.2 Å². The number of nitrogens with one attached hydrogen (secondary N) is 1. The molecular weight excluding hydrogens is 278 g/mol. The second kappa shape index (κ2) is 6.31. The molecule has 1 aliphatic rings. The van der Waals surface area contributed by atoms with Crippen molar-refractivity contribution < 1.29 is 0 Å². The van der Waals surface area contributed by atoms with Gasteiger partial charge in [0.05, 0.1) is 0 Å². The van der Waals surface area contributed by atoms with Crippen LogP contribution in [-0.4, -0.2) is 27.7 Å². The summed E-state index contributed by atoms with van der Waals surface area (Å²) < 4.78 is 0.361. The number of rotatable bonds is 4. The van der Waals surface area contributed by atoms with Crippen LogP contribution in [0.4, 0.5) is 5.82 Å². The quantitative estimate of drug-likeness (QED) is 0.903. The first kappa shape index (κ1) is 14.9. The van der Waals surface area contributed by atoms with Gasteiger partial charge < -0.3 is 5.32 Å². The highest BCUT2D eigenvalue weighted by Gasteiger charge is 2.31. The zero-order valence-electron chi connectivity index (χ0n) is 11.9. The molecule has 1 aromatic heterocycles. The largest absolute Gasteiger partial charge is 0.367 e. The van der Waals surface area contributed by atoms with Crippen molar-refractivity contribution >= 4 is 29.2 Å². The van der Waals surface area contributed by atoms with Gasteiger partial charge in [-0.25, -0.2) is 0 Å². The topological polar surface area (TPSA) is 37.8 Å². The summed E-state index contributed by atoms with van der Waals surface area (Å²) in [5, 5.41) is 12.2. The maximum atomic E-state index is 5.98. The van der Waals surface area contributed by atoms with Gasteiger partial charge in [-0.3, -0.25) is 0 Å². The standard InChI is InChI=1S/C14H22ClN3S/c1-10-11(2)13(18-17-12(10)15)16-9-14(19-3)7-5-4-6-8-14/h4-9H2,1-3H3,(H,16,18). The molecule has 0 atom stereocenters. The molecule has 1 saturated carbocycles. The van der Waals surface area contributed by atoms with Crippen LogP contribution in [0.2, 0.25) is 5.15 Å². The summed E-state index contributed by atoms with van der Waals surface area (Å²) in [5.41, 5.74) is 2.12. The van der Waals surface area contributed by atoms with Crippen LogP contribution in [0.5, 0.6) is 0 Å². The highest BCUT2D eigenvalue weighted by molar-refractivity contribution is 8.00. The van der Waals surface area contributed by atoms with E-state index >= 15 is 0 Å². The van der Waals surface area contributed by atoms with Gasteiger partial charge in [0.2, 0.25) is 0 Å². The maximum absolute atomic E-state index is 5.98. The van der Waals surface area contributed by atoms with E-state index in [-0.39, 0.29) is 0 Å². The van der Waals surface area contributed by atoms with Crippen molar-refractivity contribution in [2.24, 2.45) is 0 Å². The number of thioether (sulfide) groups is 1. The van der Waals surface area contributed by atoms with E-state index in [0.717, 1.165) is 23.5 Å². The van der Waals surface area contributed by atoms with Crippen LogP contribution < -0.4 is 5.32 Å². The second-order valence-electron chi connectivity index (χ2n) is 5.39. The Morgan fingerprint density at radius 1 is 1.16 bits per heavy atom. The van der Waals surface area contributed by atoms with Crippen molar-refractivity contribution in [3.8, 4) is 0 Å². The molecule has 1 aromatic rings. The molecule has 2 rings (SSSR count). The lowest BCUT2D eigenvalue weighted by Gasteiger charge is -2.36. The fraction of sp³-hybridized carbons (Fsp3) is 0.714. The van der Waals surface area contributed by atoms with Gasteiger partial charge in [0.1, 0.15) is 0 Å². The molecule has 1 N–H and O–H groups in total. The van der Waals surface area contributed by atoms with E-state index in [1.165, 1.54) is 32.1 Å². The first-order valence-corrected chi connectivity index (χ1v) is 8.47. The van der Waals surface area contributed by atoms with Gasteiger partial charge in [-0.1, -0.05) is 30.9 Å². The van der Waals surface area contributed by atoms with Gasteiger partial charge in [-0.2, -0.15) is 11.8 Å². The van der Waals surface area contributed by atoms with Crippen LogP contribution in [0.1, 0.15) is 43.2 Å². The van der Waals surface area contributed by atoms with Crippen LogP contribution in [0, 0.1) is 13.8 Å². The van der Waals surface area contributed by atoms with Gasteiger partial charge in [-0.05, 0) is 44.1 Å². The van der Waals surface area contributed by atoms with Crippen molar-refractivity contribution in [3.05, 3.63) is 16.3 Å². The Bertz CT molecular complexity index is 445. The molecular formula is C14H22ClN3S. The monoisotopic (exact) mass is 299 g/mol. The number of anilines is 1. The van der Waals surface area contributed by atoms with Crippen molar-refractivity contribution in [2.45, 2.75) is 50.7 Å². The highest BCUT2D eigenvalue weighted by atomic mass is 35.5. The molecule has 5 heteroatoms. The molecule has 0 bridgehead atoms. The lowest BCUT2D eigenvalue weighted by molar-refractivity contribution is 0.411. The Balaban J connectivity index is 2.07. The van der Waals surface area contributed by atoms with Gasteiger partial charge in [0, 0.05) is 11.3 Å². The van der Waals surface area contributed by atoms with E-state index in [1.807, 2.05) is 25.6 Å². The third-order valence-electron chi connectivity index (χ3n) is 4.24. The van der Waals surface area contributed by atoms with Crippen LogP contribution in [-0.2, 0) is 0 Å². The fourth-order valence-corrected chi connectivity index (χ4v) is 3.73. The average molecular weight is 300 g/mol. The SMILES string of the molecule is CSC1(CNc2nnc(Cl)c(C)c2C)CCCCC1. The first-order chi connectivity index (χ1) is 9.08. The lowest BCUT2D eigenvalue weighted by atomic mass is 9.88. The van der Waals surface area contributed by atoms with Crippen molar-refractivity contribution in [1.82, 2.24) is 10.2 Å². The zero-order chi connectivity index (χ0) is 13.9. The number of hydrogen-bond acceptors (Lipinski definition) is 4. The van der Waals surface area contributed by atoms with Crippen LogP contribution in [0.3, 0.4) is 0 Å². The minimum absolute atomic E-state index is 0.361. The number of hydrogen-bond donors (Lipinski definition) is 1. The van der Waals surface area contributed by atoms with Crippen LogP contribution >= 0.6 is 23.4 Å². The number of nitrogens with zero attached hydrogens (tertiary/aromatic N) is 2. The summed E-state index contributed by atoms with van der Waals surface area (Å²) in [6.07, 6.45) is 8.86. The first-order valence-electron chi connectivity index (χ1n) is 6.86. The smallest absolute Gasteiger partial charge is 0.155 e. The zero-order valence-corrected chi connectivity index (χ0v) is 13.5. The predicted octanol–water partition coefficient (Wildman–Crippen LogP) is 4.22. The molecule has 19 heavy (non-hydrogen) atoms. The average Bonchev–Trinajstić information content (AvgIpc) is 2.45. The Kier molecular flexibility index (Phi) is 4.96. The summed E-state index contributed by atoms with van der Waals surface area (Å²) in [6, 6.07) is 0. The molecule has 0 aromatic carbocycles. The molecule has 0 radical (unpaired) electrons. The van der Waals surface area contributed by atoms with E-state index in [0.29, 0.717) is 9.90 Å². The Labute approximate surface area is 124 Å².